The Morgan fingerprint density at radius 2 is 2.00 bits per heavy atom. The number of amides is 1. The van der Waals surface area contributed by atoms with Crippen LogP contribution in [0.25, 0.3) is 20.2 Å². The van der Waals surface area contributed by atoms with Crippen LogP contribution in [0.3, 0.4) is 0 Å². The molecule has 4 aromatic rings. The summed E-state index contributed by atoms with van der Waals surface area (Å²) in [5, 5.41) is 2.13. The van der Waals surface area contributed by atoms with E-state index in [1.165, 1.54) is 0 Å². The smallest absolute Gasteiger partial charge is 0.218 e. The summed E-state index contributed by atoms with van der Waals surface area (Å²) < 4.78 is 7.72. The van der Waals surface area contributed by atoms with E-state index in [4.69, 9.17) is 4.74 Å². The number of hydrogen-bond acceptors (Lipinski definition) is 4. The number of rotatable bonds is 4. The zero-order chi connectivity index (χ0) is 16.5. The minimum absolute atomic E-state index is 0.731. The highest BCUT2D eigenvalue weighted by Gasteiger charge is 2.18. The first-order valence-corrected chi connectivity index (χ1v) is 8.28. The van der Waals surface area contributed by atoms with Crippen LogP contribution in [0.5, 0.6) is 5.75 Å². The van der Waals surface area contributed by atoms with E-state index in [-0.39, 0.29) is 0 Å². The Balaban J connectivity index is 2.07. The molecule has 0 unspecified atom stereocenters. The normalized spacial score (nSPS) is 10.9. The van der Waals surface area contributed by atoms with Crippen molar-refractivity contribution in [2.45, 2.75) is 0 Å². The van der Waals surface area contributed by atoms with E-state index in [1.54, 1.807) is 35.7 Å². The zero-order valence-electron chi connectivity index (χ0n) is 13.0. The van der Waals surface area contributed by atoms with E-state index in [0.717, 1.165) is 43.7 Å². The first-order valence-electron chi connectivity index (χ1n) is 7.46. The van der Waals surface area contributed by atoms with Crippen molar-refractivity contribution in [1.29, 1.82) is 0 Å². The lowest BCUT2D eigenvalue weighted by Gasteiger charge is -2.19. The third-order valence-corrected chi connectivity index (χ3v) is 5.16. The maximum absolute atomic E-state index is 11.8. The highest BCUT2D eigenvalue weighted by Crippen LogP contribution is 2.45. The summed E-state index contributed by atoms with van der Waals surface area (Å²) in [7, 11) is 1.66. The summed E-state index contributed by atoms with van der Waals surface area (Å²) in [6.45, 7) is 0. The van der Waals surface area contributed by atoms with Crippen molar-refractivity contribution in [3.8, 4) is 5.75 Å². The van der Waals surface area contributed by atoms with Crippen molar-refractivity contribution in [1.82, 2.24) is 4.98 Å². The molecule has 118 valence electrons. The van der Waals surface area contributed by atoms with Gasteiger partial charge in [0, 0.05) is 21.7 Å². The molecule has 0 aliphatic heterocycles. The molecule has 2 aromatic heterocycles. The fourth-order valence-electron chi connectivity index (χ4n) is 2.90. The number of fused-ring (bicyclic) bond motifs is 3. The van der Waals surface area contributed by atoms with Gasteiger partial charge in [0.25, 0.3) is 0 Å². The largest absolute Gasteiger partial charge is 0.495 e. The molecule has 0 saturated carbocycles. The van der Waals surface area contributed by atoms with Crippen molar-refractivity contribution in [3.63, 3.8) is 0 Å². The van der Waals surface area contributed by atoms with Crippen molar-refractivity contribution in [2.24, 2.45) is 0 Å². The van der Waals surface area contributed by atoms with Gasteiger partial charge in [-0.1, -0.05) is 18.2 Å². The Morgan fingerprint density at radius 1 is 1.12 bits per heavy atom. The van der Waals surface area contributed by atoms with Gasteiger partial charge >= 0.3 is 0 Å². The monoisotopic (exact) mass is 334 g/mol. The van der Waals surface area contributed by atoms with Crippen LogP contribution in [-0.4, -0.2) is 18.5 Å². The molecule has 0 aliphatic carbocycles. The first-order chi connectivity index (χ1) is 11.8. The third kappa shape index (κ3) is 2.21. The summed E-state index contributed by atoms with van der Waals surface area (Å²) in [5.74, 6) is 0.812. The maximum Gasteiger partial charge on any atom is 0.218 e. The Kier molecular flexibility index (Phi) is 3.63. The van der Waals surface area contributed by atoms with Gasteiger partial charge in [0.05, 0.1) is 29.4 Å². The van der Waals surface area contributed by atoms with Crippen LogP contribution in [0.15, 0.2) is 60.9 Å². The number of hydrogen-bond donors (Lipinski definition) is 0. The Labute approximate surface area is 142 Å². The van der Waals surface area contributed by atoms with E-state index in [9.17, 15) is 4.79 Å². The molecule has 4 nitrogen and oxygen atoms in total. The Morgan fingerprint density at radius 3 is 2.75 bits per heavy atom. The molecule has 0 fully saturated rings. The second-order valence-electron chi connectivity index (χ2n) is 5.28. The predicted molar refractivity (Wildman–Crippen MR) is 98.3 cm³/mol. The van der Waals surface area contributed by atoms with E-state index in [2.05, 4.69) is 17.1 Å². The minimum atomic E-state index is 0.731. The molecular weight excluding hydrogens is 320 g/mol. The molecule has 0 atom stereocenters. The molecule has 24 heavy (non-hydrogen) atoms. The molecule has 0 bridgehead atoms. The minimum Gasteiger partial charge on any atom is -0.495 e. The summed E-state index contributed by atoms with van der Waals surface area (Å²) >= 11 is 1.67. The molecule has 0 N–H and O–H groups in total. The quantitative estimate of drug-likeness (QED) is 0.506. The SMILES string of the molecule is COc1ccc(N(C=O)c2cccnc2)c2c1sc1ccccc12. The summed E-state index contributed by atoms with van der Waals surface area (Å²) in [6, 6.07) is 15.7. The van der Waals surface area contributed by atoms with E-state index < -0.39 is 0 Å². The van der Waals surface area contributed by atoms with Crippen molar-refractivity contribution in [3.05, 3.63) is 60.9 Å². The predicted octanol–water partition coefficient (Wildman–Crippen LogP) is 4.75. The highest BCUT2D eigenvalue weighted by molar-refractivity contribution is 7.26. The molecule has 5 heteroatoms. The van der Waals surface area contributed by atoms with Gasteiger partial charge in [-0.25, -0.2) is 0 Å². The van der Waals surface area contributed by atoms with E-state index in [0.29, 0.717) is 0 Å². The van der Waals surface area contributed by atoms with Gasteiger partial charge in [0.15, 0.2) is 0 Å². The molecule has 2 heterocycles. The van der Waals surface area contributed by atoms with E-state index >= 15 is 0 Å². The molecule has 0 aliphatic rings. The third-order valence-electron chi connectivity index (χ3n) is 3.98. The van der Waals surface area contributed by atoms with Crippen molar-refractivity contribution in [2.75, 3.05) is 12.0 Å². The van der Waals surface area contributed by atoms with Gasteiger partial charge in [0.1, 0.15) is 5.75 Å². The summed E-state index contributed by atoms with van der Waals surface area (Å²) in [4.78, 5) is 17.6. The molecule has 1 amide bonds. The second-order valence-corrected chi connectivity index (χ2v) is 6.33. The number of methoxy groups -OCH3 is 1. The van der Waals surface area contributed by atoms with Crippen LogP contribution in [-0.2, 0) is 4.79 Å². The number of anilines is 2. The molecular formula is C19H14N2O2S. The van der Waals surface area contributed by atoms with Crippen LogP contribution in [0, 0.1) is 0 Å². The maximum atomic E-state index is 11.8. The highest BCUT2D eigenvalue weighted by atomic mass is 32.1. The number of carbonyl (C=O) groups is 1. The summed E-state index contributed by atoms with van der Waals surface area (Å²) in [5.41, 5.74) is 1.56. The Hall–Kier alpha value is -2.92. The number of ether oxygens (including phenoxy) is 1. The molecule has 0 radical (unpaired) electrons. The number of carbonyl (C=O) groups excluding carboxylic acids is 1. The number of thiophene rings is 1. The van der Waals surface area contributed by atoms with Gasteiger partial charge in [-0.2, -0.15) is 0 Å². The number of aromatic nitrogens is 1. The van der Waals surface area contributed by atoms with Gasteiger partial charge in [-0.05, 0) is 30.3 Å². The van der Waals surface area contributed by atoms with Crippen LogP contribution < -0.4 is 9.64 Å². The molecule has 0 saturated heterocycles. The number of nitrogens with zero attached hydrogens (tertiary/aromatic N) is 2. The van der Waals surface area contributed by atoms with Gasteiger partial charge < -0.3 is 4.74 Å². The Bertz CT molecular complexity index is 1030. The standard InChI is InChI=1S/C19H14N2O2S/c1-23-16-9-8-15(21(12-22)13-5-4-10-20-11-13)18-14-6-2-3-7-17(14)24-19(16)18/h2-12H,1H3. The molecule has 2 aromatic carbocycles. The fraction of sp³-hybridized carbons (Fsp3) is 0.0526. The van der Waals surface area contributed by atoms with Gasteiger partial charge in [-0.15, -0.1) is 11.3 Å². The lowest BCUT2D eigenvalue weighted by molar-refractivity contribution is -0.106. The summed E-state index contributed by atoms with van der Waals surface area (Å²) in [6.07, 6.45) is 4.19. The van der Waals surface area contributed by atoms with Crippen molar-refractivity contribution < 1.29 is 9.53 Å². The van der Waals surface area contributed by atoms with Crippen LogP contribution in [0.1, 0.15) is 0 Å². The van der Waals surface area contributed by atoms with Crippen LogP contribution in [0.4, 0.5) is 11.4 Å². The van der Waals surface area contributed by atoms with Crippen LogP contribution >= 0.6 is 11.3 Å². The second kappa shape index (κ2) is 5.94. The molecule has 4 rings (SSSR count). The van der Waals surface area contributed by atoms with Crippen molar-refractivity contribution >= 4 is 49.3 Å². The lowest BCUT2D eigenvalue weighted by atomic mass is 10.1. The van der Waals surface area contributed by atoms with Gasteiger partial charge in [-0.3, -0.25) is 14.7 Å². The number of benzene rings is 2. The first kappa shape index (κ1) is 14.7. The lowest BCUT2D eigenvalue weighted by Crippen LogP contribution is -2.14. The average Bonchev–Trinajstić information content (AvgIpc) is 3.03. The average molecular weight is 334 g/mol. The van der Waals surface area contributed by atoms with Gasteiger partial charge in [0.2, 0.25) is 6.41 Å². The van der Waals surface area contributed by atoms with E-state index in [1.807, 2.05) is 36.4 Å². The topological polar surface area (TPSA) is 42.4 Å². The number of pyridine rings is 1. The molecule has 0 spiro atoms. The van der Waals surface area contributed by atoms with Crippen LogP contribution in [0.2, 0.25) is 0 Å². The fourth-order valence-corrected chi connectivity index (χ4v) is 4.12. The zero-order valence-corrected chi connectivity index (χ0v) is 13.8.